The molecule has 0 heterocycles. The molecule has 0 aromatic heterocycles. The number of hydrogen-bond donors (Lipinski definition) is 0. The fourth-order valence-corrected chi connectivity index (χ4v) is 7.46. The minimum atomic E-state index is -0.543. The van der Waals surface area contributed by atoms with E-state index in [9.17, 15) is 9.59 Å². The van der Waals surface area contributed by atoms with Gasteiger partial charge < -0.3 is 9.47 Å². The monoisotopic (exact) mass is 610 g/mol. The van der Waals surface area contributed by atoms with E-state index in [0.717, 1.165) is 71.9 Å². The average molecular weight is 611 g/mol. The van der Waals surface area contributed by atoms with Crippen LogP contribution in [-0.4, -0.2) is 26.2 Å². The molecule has 0 aliphatic heterocycles. The highest BCUT2D eigenvalue weighted by molar-refractivity contribution is 6.13. The van der Waals surface area contributed by atoms with Crippen LogP contribution in [0.3, 0.4) is 0 Å². The first-order chi connectivity index (χ1) is 22.5. The third-order valence-electron chi connectivity index (χ3n) is 9.56. The maximum atomic E-state index is 13.9. The van der Waals surface area contributed by atoms with Crippen LogP contribution in [0.15, 0.2) is 84.9 Å². The van der Waals surface area contributed by atoms with E-state index in [1.54, 1.807) is 0 Å². The topological polar surface area (TPSA) is 52.6 Å². The standard InChI is InChI=1S/C42H42O4/c1-5-7-21-31-29-23-15-16-24-30(29)32(22-8-6-2)34-26-36-35(25-33(31)34)37(27-17-11-9-12-18-27)39(41(43)45-3)40(42(44)46-4)38(36)28-19-13-10-14-20-28/h9-20,23-24H,5-8,21-22,25-26H2,1-4H3. The Morgan fingerprint density at radius 2 is 0.913 bits per heavy atom. The largest absolute Gasteiger partial charge is 0.465 e. The Kier molecular flexibility index (Phi) is 9.35. The van der Waals surface area contributed by atoms with E-state index in [1.165, 1.54) is 47.2 Å². The average Bonchev–Trinajstić information content (AvgIpc) is 3.11. The van der Waals surface area contributed by atoms with Crippen molar-refractivity contribution in [3.8, 4) is 22.3 Å². The lowest BCUT2D eigenvalue weighted by Crippen LogP contribution is -2.22. The Bertz CT molecular complexity index is 1770. The van der Waals surface area contributed by atoms with Gasteiger partial charge in [-0.1, -0.05) is 112 Å². The molecule has 4 nitrogen and oxygen atoms in total. The number of fused-ring (bicyclic) bond motifs is 3. The lowest BCUT2D eigenvalue weighted by molar-refractivity contribution is 0.0556. The van der Waals surface area contributed by atoms with Crippen LogP contribution >= 0.6 is 0 Å². The van der Waals surface area contributed by atoms with Gasteiger partial charge in [0.05, 0.1) is 25.3 Å². The molecule has 0 unspecified atom stereocenters. The minimum Gasteiger partial charge on any atom is -0.465 e. The molecule has 0 spiro atoms. The Labute approximate surface area is 272 Å². The summed E-state index contributed by atoms with van der Waals surface area (Å²) in [6.45, 7) is 4.49. The van der Waals surface area contributed by atoms with E-state index in [4.69, 9.17) is 9.47 Å². The first kappa shape index (κ1) is 31.3. The van der Waals surface area contributed by atoms with Crippen molar-refractivity contribution in [1.29, 1.82) is 0 Å². The summed E-state index contributed by atoms with van der Waals surface area (Å²) in [5.41, 5.74) is 11.6. The zero-order valence-corrected chi connectivity index (χ0v) is 27.4. The molecule has 0 N–H and O–H groups in total. The summed E-state index contributed by atoms with van der Waals surface area (Å²) in [5, 5.41) is 2.68. The maximum Gasteiger partial charge on any atom is 0.339 e. The summed E-state index contributed by atoms with van der Waals surface area (Å²) in [6, 6.07) is 28.8. The highest BCUT2D eigenvalue weighted by atomic mass is 16.5. The van der Waals surface area contributed by atoms with Gasteiger partial charge in [-0.2, -0.15) is 0 Å². The number of aryl methyl sites for hydroxylation is 2. The molecule has 5 aromatic rings. The Morgan fingerprint density at radius 3 is 1.26 bits per heavy atom. The Morgan fingerprint density at radius 1 is 0.543 bits per heavy atom. The fraction of sp³-hybridized carbons (Fsp3) is 0.286. The second kappa shape index (κ2) is 13.7. The molecule has 4 heteroatoms. The van der Waals surface area contributed by atoms with Crippen molar-refractivity contribution >= 4 is 22.7 Å². The minimum absolute atomic E-state index is 0.267. The first-order valence-electron chi connectivity index (χ1n) is 16.6. The Hall–Kier alpha value is -4.70. The van der Waals surface area contributed by atoms with Gasteiger partial charge in [-0.3, -0.25) is 0 Å². The SMILES string of the molecule is CCCCc1c2c(c(CCCC)c3ccccc13)Cc1c(c(-c3ccccc3)c(C(=O)OC)c(C(=O)OC)c1-c1ccccc1)C2. The van der Waals surface area contributed by atoms with Crippen molar-refractivity contribution in [2.75, 3.05) is 14.2 Å². The number of carbonyl (C=O) groups is 2. The third-order valence-corrected chi connectivity index (χ3v) is 9.56. The summed E-state index contributed by atoms with van der Waals surface area (Å²) in [4.78, 5) is 27.8. The van der Waals surface area contributed by atoms with E-state index < -0.39 is 11.9 Å². The summed E-state index contributed by atoms with van der Waals surface area (Å²) in [5.74, 6) is -1.09. The first-order valence-corrected chi connectivity index (χ1v) is 16.6. The lowest BCUT2D eigenvalue weighted by atomic mass is 9.71. The highest BCUT2D eigenvalue weighted by Gasteiger charge is 2.36. The highest BCUT2D eigenvalue weighted by Crippen LogP contribution is 2.48. The van der Waals surface area contributed by atoms with Gasteiger partial charge in [0.25, 0.3) is 0 Å². The zero-order chi connectivity index (χ0) is 32.2. The van der Waals surface area contributed by atoms with Crippen LogP contribution in [0.1, 0.15) is 93.6 Å². The number of esters is 2. The molecular formula is C42H42O4. The predicted molar refractivity (Wildman–Crippen MR) is 187 cm³/mol. The van der Waals surface area contributed by atoms with Gasteiger partial charge in [0.15, 0.2) is 0 Å². The number of methoxy groups -OCH3 is 2. The Balaban J connectivity index is 1.79. The number of benzene rings is 5. The maximum absolute atomic E-state index is 13.9. The molecular weight excluding hydrogens is 568 g/mol. The quantitative estimate of drug-likeness (QED) is 0.145. The molecule has 0 radical (unpaired) electrons. The van der Waals surface area contributed by atoms with Crippen LogP contribution in [0.5, 0.6) is 0 Å². The van der Waals surface area contributed by atoms with Crippen molar-refractivity contribution in [1.82, 2.24) is 0 Å². The molecule has 46 heavy (non-hydrogen) atoms. The molecule has 0 saturated carbocycles. The number of hydrogen-bond acceptors (Lipinski definition) is 4. The van der Waals surface area contributed by atoms with E-state index >= 15 is 0 Å². The predicted octanol–water partition coefficient (Wildman–Crippen LogP) is 9.93. The van der Waals surface area contributed by atoms with Crippen LogP contribution in [0, 0.1) is 0 Å². The number of ether oxygens (including phenoxy) is 2. The molecule has 0 bridgehead atoms. The molecule has 6 rings (SSSR count). The van der Waals surface area contributed by atoms with Crippen molar-refractivity contribution in [2.45, 2.75) is 65.2 Å². The molecule has 0 saturated heterocycles. The molecule has 5 aromatic carbocycles. The number of carbonyl (C=O) groups excluding carboxylic acids is 2. The second-order valence-corrected chi connectivity index (χ2v) is 12.2. The second-order valence-electron chi connectivity index (χ2n) is 12.2. The van der Waals surface area contributed by atoms with Crippen molar-refractivity contribution in [3.05, 3.63) is 129 Å². The van der Waals surface area contributed by atoms with Gasteiger partial charge in [0, 0.05) is 11.1 Å². The van der Waals surface area contributed by atoms with Crippen molar-refractivity contribution in [3.63, 3.8) is 0 Å². The number of rotatable bonds is 10. The molecule has 0 atom stereocenters. The third kappa shape index (κ3) is 5.51. The van der Waals surface area contributed by atoms with E-state index in [0.29, 0.717) is 12.8 Å². The molecule has 1 aliphatic rings. The van der Waals surface area contributed by atoms with E-state index in [2.05, 4.69) is 38.1 Å². The van der Waals surface area contributed by atoms with Crippen LogP contribution in [0.4, 0.5) is 0 Å². The van der Waals surface area contributed by atoms with E-state index in [1.807, 2.05) is 60.7 Å². The van der Waals surface area contributed by atoms with E-state index in [-0.39, 0.29) is 11.1 Å². The van der Waals surface area contributed by atoms with Gasteiger partial charge in [0.1, 0.15) is 0 Å². The zero-order valence-electron chi connectivity index (χ0n) is 27.4. The van der Waals surface area contributed by atoms with Gasteiger partial charge in [-0.05, 0) is 93.8 Å². The van der Waals surface area contributed by atoms with Crippen molar-refractivity contribution in [2.24, 2.45) is 0 Å². The van der Waals surface area contributed by atoms with Crippen LogP contribution in [0.25, 0.3) is 33.0 Å². The molecule has 0 fully saturated rings. The molecule has 0 amide bonds. The van der Waals surface area contributed by atoms with Gasteiger partial charge in [-0.15, -0.1) is 0 Å². The normalized spacial score (nSPS) is 12.0. The molecule has 234 valence electrons. The van der Waals surface area contributed by atoms with Crippen LogP contribution < -0.4 is 0 Å². The molecule has 1 aliphatic carbocycles. The van der Waals surface area contributed by atoms with Gasteiger partial charge >= 0.3 is 11.9 Å². The summed E-state index contributed by atoms with van der Waals surface area (Å²) in [7, 11) is 2.76. The lowest BCUT2D eigenvalue weighted by Gasteiger charge is -2.33. The fourth-order valence-electron chi connectivity index (χ4n) is 7.46. The summed E-state index contributed by atoms with van der Waals surface area (Å²) >= 11 is 0. The summed E-state index contributed by atoms with van der Waals surface area (Å²) < 4.78 is 10.9. The van der Waals surface area contributed by atoms with Gasteiger partial charge in [0.2, 0.25) is 0 Å². The summed E-state index contributed by atoms with van der Waals surface area (Å²) in [6.07, 6.45) is 7.77. The van der Waals surface area contributed by atoms with Crippen molar-refractivity contribution < 1.29 is 19.1 Å². The van der Waals surface area contributed by atoms with Crippen LogP contribution in [0.2, 0.25) is 0 Å². The van der Waals surface area contributed by atoms with Crippen LogP contribution in [-0.2, 0) is 35.2 Å². The number of unbranched alkanes of at least 4 members (excludes halogenated alkanes) is 2. The smallest absolute Gasteiger partial charge is 0.339 e. The van der Waals surface area contributed by atoms with Gasteiger partial charge in [-0.25, -0.2) is 9.59 Å².